The number of hydrogen-bond acceptors (Lipinski definition) is 4. The largest absolute Gasteiger partial charge is 0.382 e. The summed E-state index contributed by atoms with van der Waals surface area (Å²) in [6, 6.07) is 1.18. The molecule has 5 nitrogen and oxygen atoms in total. The molecule has 1 aromatic rings. The molecule has 1 aliphatic heterocycles. The van der Waals surface area contributed by atoms with Gasteiger partial charge in [0.15, 0.2) is 0 Å². The monoisotopic (exact) mass is 254 g/mol. The first-order valence-corrected chi connectivity index (χ1v) is 9.80. The van der Waals surface area contributed by atoms with Gasteiger partial charge in [-0.15, -0.1) is 0 Å². The summed E-state index contributed by atoms with van der Waals surface area (Å²) in [6.07, 6.45) is 0. The van der Waals surface area contributed by atoms with Crippen molar-refractivity contribution in [1.82, 2.24) is 15.1 Å². The maximum atomic E-state index is 5.85. The van der Waals surface area contributed by atoms with Crippen molar-refractivity contribution in [2.75, 3.05) is 12.3 Å². The summed E-state index contributed by atoms with van der Waals surface area (Å²) in [6.45, 7) is 10.1. The Morgan fingerprint density at radius 2 is 2.18 bits per heavy atom. The van der Waals surface area contributed by atoms with Crippen LogP contribution in [-0.2, 0) is 24.6 Å². The highest BCUT2D eigenvalue weighted by atomic mass is 28.3. The Hall–Kier alpha value is -0.853. The van der Waals surface area contributed by atoms with Crippen LogP contribution in [0.15, 0.2) is 0 Å². The van der Waals surface area contributed by atoms with E-state index in [9.17, 15) is 0 Å². The lowest BCUT2D eigenvalue weighted by Gasteiger charge is -2.15. The Morgan fingerprint density at radius 1 is 1.41 bits per heavy atom. The van der Waals surface area contributed by atoms with Crippen LogP contribution >= 0.6 is 0 Å². The van der Waals surface area contributed by atoms with E-state index in [1.54, 1.807) is 0 Å². The zero-order valence-electron chi connectivity index (χ0n) is 10.9. The average molecular weight is 254 g/mol. The van der Waals surface area contributed by atoms with Crippen LogP contribution in [0.25, 0.3) is 0 Å². The molecule has 6 heteroatoms. The first-order chi connectivity index (χ1) is 7.97. The SMILES string of the molecule is C[Si](C)(C)CCOCn1nc(N)c2c1CNC2. The Morgan fingerprint density at radius 3 is 2.88 bits per heavy atom. The summed E-state index contributed by atoms with van der Waals surface area (Å²) in [5, 5.41) is 7.58. The third-order valence-electron chi connectivity index (χ3n) is 3.00. The Kier molecular flexibility index (Phi) is 3.55. The Balaban J connectivity index is 1.86. The molecule has 3 N–H and O–H groups in total. The molecule has 1 aliphatic rings. The van der Waals surface area contributed by atoms with Crippen LogP contribution in [-0.4, -0.2) is 24.5 Å². The lowest BCUT2D eigenvalue weighted by molar-refractivity contribution is 0.0767. The van der Waals surface area contributed by atoms with Crippen molar-refractivity contribution in [3.8, 4) is 0 Å². The summed E-state index contributed by atoms with van der Waals surface area (Å²) in [4.78, 5) is 0. The van der Waals surface area contributed by atoms with Gasteiger partial charge in [-0.25, -0.2) is 4.68 Å². The summed E-state index contributed by atoms with van der Waals surface area (Å²) in [5.41, 5.74) is 8.16. The number of ether oxygens (including phenoxy) is 1. The summed E-state index contributed by atoms with van der Waals surface area (Å²) < 4.78 is 7.57. The molecule has 0 unspecified atom stereocenters. The number of nitrogens with two attached hydrogens (primary N) is 1. The standard InChI is InChI=1S/C11H22N4OSi/c1-17(2,3)5-4-16-8-15-10-7-13-6-9(10)11(12)14-15/h13H,4-8H2,1-3H3,(H2,12,14). The molecule has 0 bridgehead atoms. The second kappa shape index (κ2) is 4.79. The maximum Gasteiger partial charge on any atom is 0.150 e. The van der Waals surface area contributed by atoms with Crippen LogP contribution in [0, 0.1) is 0 Å². The van der Waals surface area contributed by atoms with Gasteiger partial charge in [0.1, 0.15) is 12.5 Å². The summed E-state index contributed by atoms with van der Waals surface area (Å²) in [7, 11) is -1.00. The molecular weight excluding hydrogens is 232 g/mol. The second-order valence-electron chi connectivity index (χ2n) is 5.76. The molecule has 96 valence electrons. The molecule has 0 saturated carbocycles. The summed E-state index contributed by atoms with van der Waals surface area (Å²) in [5.74, 6) is 0.638. The van der Waals surface area contributed by atoms with Crippen LogP contribution < -0.4 is 11.1 Å². The minimum absolute atomic E-state index is 0.520. The highest BCUT2D eigenvalue weighted by molar-refractivity contribution is 6.76. The minimum atomic E-state index is -1.00. The number of nitrogens with zero attached hydrogens (tertiary/aromatic N) is 2. The number of rotatable bonds is 5. The highest BCUT2D eigenvalue weighted by Crippen LogP contribution is 2.21. The number of aromatic nitrogens is 2. The highest BCUT2D eigenvalue weighted by Gasteiger charge is 2.20. The van der Waals surface area contributed by atoms with E-state index >= 15 is 0 Å². The maximum absolute atomic E-state index is 5.85. The predicted octanol–water partition coefficient (Wildman–Crippen LogP) is 1.38. The van der Waals surface area contributed by atoms with E-state index in [0.29, 0.717) is 12.5 Å². The van der Waals surface area contributed by atoms with Gasteiger partial charge in [0.05, 0.1) is 5.69 Å². The van der Waals surface area contributed by atoms with Crippen LogP contribution in [0.4, 0.5) is 5.82 Å². The van der Waals surface area contributed by atoms with Gasteiger partial charge in [0.2, 0.25) is 0 Å². The zero-order valence-corrected chi connectivity index (χ0v) is 11.9. The molecule has 0 aliphatic carbocycles. The van der Waals surface area contributed by atoms with Gasteiger partial charge in [-0.2, -0.15) is 5.10 Å². The van der Waals surface area contributed by atoms with Crippen molar-refractivity contribution in [2.24, 2.45) is 0 Å². The third-order valence-corrected chi connectivity index (χ3v) is 4.71. The van der Waals surface area contributed by atoms with Gasteiger partial charge in [-0.3, -0.25) is 0 Å². The number of anilines is 1. The molecule has 0 fully saturated rings. The molecule has 0 saturated heterocycles. The molecule has 0 atom stereocenters. The molecule has 1 aromatic heterocycles. The van der Waals surface area contributed by atoms with Gasteiger partial charge < -0.3 is 15.8 Å². The normalized spacial score (nSPS) is 15.2. The first kappa shape index (κ1) is 12.6. The smallest absolute Gasteiger partial charge is 0.150 e. The fourth-order valence-electron chi connectivity index (χ4n) is 1.89. The molecule has 0 radical (unpaired) electrons. The van der Waals surface area contributed by atoms with E-state index in [0.717, 1.165) is 25.3 Å². The van der Waals surface area contributed by atoms with Crippen molar-refractivity contribution in [3.63, 3.8) is 0 Å². The molecule has 2 heterocycles. The van der Waals surface area contributed by atoms with Gasteiger partial charge in [0, 0.05) is 33.3 Å². The summed E-state index contributed by atoms with van der Waals surface area (Å²) >= 11 is 0. The fraction of sp³-hybridized carbons (Fsp3) is 0.727. The van der Waals surface area contributed by atoms with Crippen molar-refractivity contribution in [3.05, 3.63) is 11.3 Å². The van der Waals surface area contributed by atoms with Gasteiger partial charge >= 0.3 is 0 Å². The average Bonchev–Trinajstić information content (AvgIpc) is 2.77. The first-order valence-electron chi connectivity index (χ1n) is 6.10. The molecular formula is C11H22N4OSi. The van der Waals surface area contributed by atoms with Crippen LogP contribution in [0.5, 0.6) is 0 Å². The molecule has 0 amide bonds. The lowest BCUT2D eigenvalue weighted by Crippen LogP contribution is -2.22. The van der Waals surface area contributed by atoms with Crippen LogP contribution in [0.3, 0.4) is 0 Å². The number of nitrogens with one attached hydrogen (secondary N) is 1. The van der Waals surface area contributed by atoms with Crippen molar-refractivity contribution < 1.29 is 4.74 Å². The number of nitrogen functional groups attached to an aromatic ring is 1. The lowest BCUT2D eigenvalue weighted by atomic mass is 10.3. The van der Waals surface area contributed by atoms with Crippen molar-refractivity contribution >= 4 is 13.9 Å². The van der Waals surface area contributed by atoms with Gasteiger partial charge in [-0.1, -0.05) is 19.6 Å². The predicted molar refractivity (Wildman–Crippen MR) is 71.3 cm³/mol. The van der Waals surface area contributed by atoms with E-state index in [4.69, 9.17) is 10.5 Å². The van der Waals surface area contributed by atoms with Gasteiger partial charge in [0.25, 0.3) is 0 Å². The fourth-order valence-corrected chi connectivity index (χ4v) is 2.64. The second-order valence-corrected chi connectivity index (χ2v) is 11.4. The Bertz CT molecular complexity index is 397. The van der Waals surface area contributed by atoms with Crippen molar-refractivity contribution in [2.45, 2.75) is 45.5 Å². The topological polar surface area (TPSA) is 65.1 Å². The molecule has 17 heavy (non-hydrogen) atoms. The van der Waals surface area contributed by atoms with E-state index < -0.39 is 8.07 Å². The van der Waals surface area contributed by atoms with Crippen molar-refractivity contribution in [1.29, 1.82) is 0 Å². The van der Waals surface area contributed by atoms with Crippen LogP contribution in [0.1, 0.15) is 11.3 Å². The number of hydrogen-bond donors (Lipinski definition) is 2. The quantitative estimate of drug-likeness (QED) is 0.615. The van der Waals surface area contributed by atoms with Gasteiger partial charge in [-0.05, 0) is 6.04 Å². The Labute approximate surface area is 103 Å². The van der Waals surface area contributed by atoms with E-state index in [1.807, 2.05) is 4.68 Å². The third kappa shape index (κ3) is 3.08. The molecule has 2 rings (SSSR count). The molecule has 0 spiro atoms. The van der Waals surface area contributed by atoms with E-state index in [-0.39, 0.29) is 0 Å². The minimum Gasteiger partial charge on any atom is -0.382 e. The van der Waals surface area contributed by atoms with Crippen LogP contribution in [0.2, 0.25) is 25.7 Å². The molecule has 0 aromatic carbocycles. The van der Waals surface area contributed by atoms with E-state index in [1.165, 1.54) is 11.7 Å². The zero-order chi connectivity index (χ0) is 12.5. The van der Waals surface area contributed by atoms with E-state index in [2.05, 4.69) is 30.1 Å². The number of fused-ring (bicyclic) bond motifs is 1.